The van der Waals surface area contributed by atoms with Crippen molar-refractivity contribution in [3.05, 3.63) is 52.0 Å². The summed E-state index contributed by atoms with van der Waals surface area (Å²) in [7, 11) is 0. The molecule has 0 amide bonds. The smallest absolute Gasteiger partial charge is 0.103 e. The van der Waals surface area contributed by atoms with E-state index in [2.05, 4.69) is 54.9 Å². The zero-order chi connectivity index (χ0) is 13.3. The summed E-state index contributed by atoms with van der Waals surface area (Å²) in [5, 5.41) is 6.96. The third-order valence-electron chi connectivity index (χ3n) is 3.97. The lowest BCUT2D eigenvalue weighted by Crippen LogP contribution is -2.19. The largest absolute Gasteiger partial charge is 0.309 e. The Labute approximate surface area is 118 Å². The Morgan fingerprint density at radius 2 is 2.05 bits per heavy atom. The topological polar surface area (TPSA) is 24.9 Å². The molecule has 2 nitrogen and oxygen atoms in total. The van der Waals surface area contributed by atoms with Gasteiger partial charge in [-0.2, -0.15) is 0 Å². The highest BCUT2D eigenvalue weighted by Gasteiger charge is 2.28. The normalized spacial score (nSPS) is 19.8. The van der Waals surface area contributed by atoms with Crippen LogP contribution in [0.5, 0.6) is 0 Å². The maximum absolute atomic E-state index is 4.90. The van der Waals surface area contributed by atoms with Crippen molar-refractivity contribution in [1.29, 1.82) is 0 Å². The lowest BCUT2D eigenvalue weighted by Gasteiger charge is -2.22. The Hall–Kier alpha value is -1.19. The number of rotatable bonds is 3. The van der Waals surface area contributed by atoms with Crippen LogP contribution in [-0.2, 0) is 5.41 Å². The quantitative estimate of drug-likeness (QED) is 0.917. The van der Waals surface area contributed by atoms with E-state index in [1.807, 2.05) is 0 Å². The third-order valence-corrected chi connectivity index (χ3v) is 5.15. The predicted molar refractivity (Wildman–Crippen MR) is 80.7 cm³/mol. The lowest BCUT2D eigenvalue weighted by molar-refractivity contribution is 0.602. The molecular weight excluding hydrogens is 252 g/mol. The Morgan fingerprint density at radius 1 is 1.26 bits per heavy atom. The van der Waals surface area contributed by atoms with E-state index < -0.39 is 0 Å². The van der Waals surface area contributed by atoms with E-state index in [9.17, 15) is 0 Å². The van der Waals surface area contributed by atoms with Gasteiger partial charge in [0, 0.05) is 10.8 Å². The van der Waals surface area contributed by atoms with Crippen LogP contribution in [0.1, 0.15) is 49.0 Å². The van der Waals surface area contributed by atoms with Crippen LogP contribution in [0.3, 0.4) is 0 Å². The molecule has 0 saturated carbocycles. The fourth-order valence-corrected chi connectivity index (χ4v) is 3.67. The monoisotopic (exact) mass is 272 g/mol. The standard InChI is InChI=1S/C16H20N2S/c1-16(2,12-7-4-3-5-8-12)15-18-14(11-19-15)13-9-6-10-17-13/h3-5,7-8,11,13,17H,6,9-10H2,1-2H3/t13-/m0/s1. The second kappa shape index (κ2) is 5.06. The number of benzene rings is 1. The molecular formula is C16H20N2S. The maximum Gasteiger partial charge on any atom is 0.103 e. The highest BCUT2D eigenvalue weighted by Crippen LogP contribution is 2.35. The molecule has 19 heavy (non-hydrogen) atoms. The molecule has 0 bridgehead atoms. The third kappa shape index (κ3) is 2.45. The van der Waals surface area contributed by atoms with E-state index in [0.29, 0.717) is 6.04 Å². The van der Waals surface area contributed by atoms with Crippen LogP contribution in [0, 0.1) is 0 Å². The van der Waals surface area contributed by atoms with Gasteiger partial charge in [-0.3, -0.25) is 0 Å². The van der Waals surface area contributed by atoms with Crippen LogP contribution in [0.2, 0.25) is 0 Å². The molecule has 1 aliphatic heterocycles. The molecule has 1 aromatic heterocycles. The fourth-order valence-electron chi connectivity index (χ4n) is 2.65. The second-order valence-corrected chi connectivity index (χ2v) is 6.58. The van der Waals surface area contributed by atoms with Crippen LogP contribution in [-0.4, -0.2) is 11.5 Å². The summed E-state index contributed by atoms with van der Waals surface area (Å²) < 4.78 is 0. The molecule has 3 heteroatoms. The highest BCUT2D eigenvalue weighted by molar-refractivity contribution is 7.09. The molecule has 1 atom stereocenters. The van der Waals surface area contributed by atoms with Crippen molar-refractivity contribution < 1.29 is 0 Å². The first-order valence-electron chi connectivity index (χ1n) is 6.93. The van der Waals surface area contributed by atoms with Gasteiger partial charge in [-0.25, -0.2) is 4.98 Å². The first-order chi connectivity index (χ1) is 9.18. The molecule has 2 heterocycles. The van der Waals surface area contributed by atoms with Crippen molar-refractivity contribution in [2.75, 3.05) is 6.54 Å². The average molecular weight is 272 g/mol. The van der Waals surface area contributed by atoms with Gasteiger partial charge in [0.1, 0.15) is 5.01 Å². The van der Waals surface area contributed by atoms with Gasteiger partial charge in [0.05, 0.1) is 11.7 Å². The second-order valence-electron chi connectivity index (χ2n) is 5.72. The Morgan fingerprint density at radius 3 is 2.74 bits per heavy atom. The van der Waals surface area contributed by atoms with Crippen molar-refractivity contribution in [2.45, 2.75) is 38.1 Å². The molecule has 0 unspecified atom stereocenters. The summed E-state index contributed by atoms with van der Waals surface area (Å²) >= 11 is 1.79. The molecule has 100 valence electrons. The number of nitrogens with zero attached hydrogens (tertiary/aromatic N) is 1. The predicted octanol–water partition coefficient (Wildman–Crippen LogP) is 3.89. The number of hydrogen-bond donors (Lipinski definition) is 1. The number of hydrogen-bond acceptors (Lipinski definition) is 3. The molecule has 1 aromatic carbocycles. The summed E-state index contributed by atoms with van der Waals surface area (Å²) in [5.74, 6) is 0. The van der Waals surface area contributed by atoms with Crippen molar-refractivity contribution >= 4 is 11.3 Å². The highest BCUT2D eigenvalue weighted by atomic mass is 32.1. The number of nitrogens with one attached hydrogen (secondary N) is 1. The van der Waals surface area contributed by atoms with E-state index in [-0.39, 0.29) is 5.41 Å². The Kier molecular flexibility index (Phi) is 3.42. The van der Waals surface area contributed by atoms with Gasteiger partial charge in [0.2, 0.25) is 0 Å². The zero-order valence-corrected chi connectivity index (χ0v) is 12.3. The Bertz CT molecular complexity index is 539. The molecule has 1 aliphatic rings. The Balaban J connectivity index is 1.89. The van der Waals surface area contributed by atoms with Gasteiger partial charge in [-0.05, 0) is 38.8 Å². The zero-order valence-electron chi connectivity index (χ0n) is 11.5. The molecule has 1 fully saturated rings. The van der Waals surface area contributed by atoms with Crippen LogP contribution in [0.25, 0.3) is 0 Å². The molecule has 0 aliphatic carbocycles. The minimum atomic E-state index is -0.0111. The van der Waals surface area contributed by atoms with Gasteiger partial charge >= 0.3 is 0 Å². The molecule has 1 saturated heterocycles. The summed E-state index contributed by atoms with van der Waals surface area (Å²) in [5.41, 5.74) is 2.54. The summed E-state index contributed by atoms with van der Waals surface area (Å²) in [6, 6.07) is 11.1. The molecule has 3 rings (SSSR count). The van der Waals surface area contributed by atoms with Crippen LogP contribution < -0.4 is 5.32 Å². The molecule has 0 radical (unpaired) electrons. The maximum atomic E-state index is 4.90. The van der Waals surface area contributed by atoms with Crippen molar-refractivity contribution in [1.82, 2.24) is 10.3 Å². The van der Waals surface area contributed by atoms with E-state index in [0.717, 1.165) is 6.54 Å². The first-order valence-corrected chi connectivity index (χ1v) is 7.81. The summed E-state index contributed by atoms with van der Waals surface area (Å²) in [6.07, 6.45) is 2.48. The van der Waals surface area contributed by atoms with Gasteiger partial charge in [0.25, 0.3) is 0 Å². The van der Waals surface area contributed by atoms with Gasteiger partial charge in [-0.1, -0.05) is 30.3 Å². The van der Waals surface area contributed by atoms with Crippen LogP contribution >= 0.6 is 11.3 Å². The van der Waals surface area contributed by atoms with Gasteiger partial charge in [0.15, 0.2) is 0 Å². The van der Waals surface area contributed by atoms with E-state index in [1.54, 1.807) is 11.3 Å². The van der Waals surface area contributed by atoms with Crippen molar-refractivity contribution in [2.24, 2.45) is 0 Å². The minimum absolute atomic E-state index is 0.0111. The number of thiazole rings is 1. The van der Waals surface area contributed by atoms with Crippen molar-refractivity contribution in [3.8, 4) is 0 Å². The van der Waals surface area contributed by atoms with E-state index >= 15 is 0 Å². The van der Waals surface area contributed by atoms with Crippen LogP contribution in [0.15, 0.2) is 35.7 Å². The van der Waals surface area contributed by atoms with E-state index in [1.165, 1.54) is 29.1 Å². The van der Waals surface area contributed by atoms with Gasteiger partial charge < -0.3 is 5.32 Å². The fraction of sp³-hybridized carbons (Fsp3) is 0.438. The average Bonchev–Trinajstić information content (AvgIpc) is 3.10. The molecule has 2 aromatic rings. The summed E-state index contributed by atoms with van der Waals surface area (Å²) in [6.45, 7) is 5.64. The lowest BCUT2D eigenvalue weighted by atomic mass is 9.85. The van der Waals surface area contributed by atoms with Crippen LogP contribution in [0.4, 0.5) is 0 Å². The molecule has 1 N–H and O–H groups in total. The SMILES string of the molecule is CC(C)(c1ccccc1)c1nc([C@@H]2CCCN2)cs1. The summed E-state index contributed by atoms with van der Waals surface area (Å²) in [4.78, 5) is 4.90. The number of aromatic nitrogens is 1. The minimum Gasteiger partial charge on any atom is -0.309 e. The molecule has 0 spiro atoms. The van der Waals surface area contributed by atoms with E-state index in [4.69, 9.17) is 4.98 Å². The van der Waals surface area contributed by atoms with Gasteiger partial charge in [-0.15, -0.1) is 11.3 Å². The first kappa shape index (κ1) is 12.8. The van der Waals surface area contributed by atoms with Crippen molar-refractivity contribution in [3.63, 3.8) is 0 Å².